The molecule has 2 heterocycles. The van der Waals surface area contributed by atoms with Gasteiger partial charge in [0, 0.05) is 25.2 Å². The van der Waals surface area contributed by atoms with Gasteiger partial charge in [-0.1, -0.05) is 24.3 Å². The first-order valence-electron chi connectivity index (χ1n) is 11.9. The molecule has 2 aromatic rings. The Kier molecular flexibility index (Phi) is 7.25. The number of aliphatic imine (C=N–C) groups is 1. The second-order valence-electron chi connectivity index (χ2n) is 8.83. The summed E-state index contributed by atoms with van der Waals surface area (Å²) < 4.78 is 39.4. The van der Waals surface area contributed by atoms with Crippen LogP contribution in [-0.2, 0) is 15.8 Å². The van der Waals surface area contributed by atoms with Gasteiger partial charge in [-0.05, 0) is 57.5 Å². The van der Waals surface area contributed by atoms with Gasteiger partial charge in [0.05, 0.1) is 29.5 Å². The molecule has 1 unspecified atom stereocenters. The van der Waals surface area contributed by atoms with E-state index in [1.54, 1.807) is 17.0 Å². The van der Waals surface area contributed by atoms with Gasteiger partial charge < -0.3 is 4.90 Å². The summed E-state index contributed by atoms with van der Waals surface area (Å²) in [5.74, 6) is -0.338. The van der Waals surface area contributed by atoms with Gasteiger partial charge >= 0.3 is 6.18 Å². The van der Waals surface area contributed by atoms with E-state index in [-0.39, 0.29) is 29.1 Å². The first kappa shape index (κ1) is 24.9. The Labute approximate surface area is 203 Å². The van der Waals surface area contributed by atoms with E-state index in [1.165, 1.54) is 12.1 Å². The number of para-hydroxylation sites is 1. The van der Waals surface area contributed by atoms with Gasteiger partial charge in [0.1, 0.15) is 5.71 Å². The summed E-state index contributed by atoms with van der Waals surface area (Å²) in [5, 5.41) is 0. The van der Waals surface area contributed by atoms with E-state index in [0.29, 0.717) is 37.6 Å². The third-order valence-corrected chi connectivity index (χ3v) is 6.58. The van der Waals surface area contributed by atoms with Crippen molar-refractivity contribution in [1.29, 1.82) is 0 Å². The highest BCUT2D eigenvalue weighted by atomic mass is 19.4. The second-order valence-corrected chi connectivity index (χ2v) is 8.83. The summed E-state index contributed by atoms with van der Waals surface area (Å²) in [6.45, 7) is 6.87. The number of fused-ring (bicyclic) bond motifs is 1. The maximum absolute atomic E-state index is 13.4. The van der Waals surface area contributed by atoms with Crippen LogP contribution in [0.15, 0.2) is 53.5 Å². The molecule has 0 aromatic heterocycles. The molecule has 2 aromatic carbocycles. The molecule has 0 bridgehead atoms. The minimum atomic E-state index is -4.49. The van der Waals surface area contributed by atoms with Crippen molar-refractivity contribution in [2.24, 2.45) is 10.9 Å². The van der Waals surface area contributed by atoms with Crippen LogP contribution in [0.3, 0.4) is 0 Å². The monoisotopic (exact) mass is 486 g/mol. The van der Waals surface area contributed by atoms with E-state index in [9.17, 15) is 22.8 Å². The first-order valence-corrected chi connectivity index (χ1v) is 11.9. The van der Waals surface area contributed by atoms with Crippen molar-refractivity contribution in [3.63, 3.8) is 0 Å². The van der Waals surface area contributed by atoms with Crippen molar-refractivity contribution >= 4 is 28.9 Å². The van der Waals surface area contributed by atoms with Crippen LogP contribution < -0.4 is 4.90 Å². The van der Waals surface area contributed by atoms with Crippen molar-refractivity contribution in [3.8, 4) is 0 Å². The number of piperidine rings is 1. The summed E-state index contributed by atoms with van der Waals surface area (Å²) in [6.07, 6.45) is -2.82. The number of amides is 2. The van der Waals surface area contributed by atoms with E-state index >= 15 is 0 Å². The topological polar surface area (TPSA) is 56.2 Å². The van der Waals surface area contributed by atoms with Gasteiger partial charge in [-0.15, -0.1) is 0 Å². The molecule has 0 N–H and O–H groups in total. The third-order valence-electron chi connectivity index (χ3n) is 6.58. The minimum absolute atomic E-state index is 0.0719. The Hall–Kier alpha value is -3.20. The van der Waals surface area contributed by atoms with Gasteiger partial charge in [0.15, 0.2) is 0 Å². The zero-order valence-corrected chi connectivity index (χ0v) is 19.9. The quantitative estimate of drug-likeness (QED) is 0.594. The fourth-order valence-electron chi connectivity index (χ4n) is 4.77. The van der Waals surface area contributed by atoms with E-state index in [0.717, 1.165) is 31.5 Å². The molecule has 0 aliphatic carbocycles. The summed E-state index contributed by atoms with van der Waals surface area (Å²) in [6, 6.07) is 11.8. The van der Waals surface area contributed by atoms with Crippen LogP contribution in [0.4, 0.5) is 24.5 Å². The lowest BCUT2D eigenvalue weighted by atomic mass is 9.96. The van der Waals surface area contributed by atoms with E-state index < -0.39 is 11.7 Å². The number of alkyl halides is 3. The highest BCUT2D eigenvalue weighted by Gasteiger charge is 2.37. The minimum Gasteiger partial charge on any atom is -0.343 e. The van der Waals surface area contributed by atoms with Gasteiger partial charge in [0.25, 0.3) is 5.91 Å². The average Bonchev–Trinajstić information content (AvgIpc) is 3.10. The SMILES string of the molecule is CCN(CC)C(=O)C1CCCN(CN2C(=O)C(=Nc3cccc(C(F)(F)F)c3)c3ccccc32)C1. The zero-order valence-electron chi connectivity index (χ0n) is 19.9. The summed E-state index contributed by atoms with van der Waals surface area (Å²) >= 11 is 0. The second kappa shape index (κ2) is 10.2. The molecule has 9 heteroatoms. The van der Waals surface area contributed by atoms with Crippen molar-refractivity contribution in [2.45, 2.75) is 32.9 Å². The van der Waals surface area contributed by atoms with Crippen LogP contribution in [-0.4, -0.2) is 60.2 Å². The van der Waals surface area contributed by atoms with Gasteiger partial charge in [0.2, 0.25) is 5.91 Å². The normalized spacial score (nSPS) is 19.8. The smallest absolute Gasteiger partial charge is 0.343 e. The Bertz CT molecular complexity index is 1130. The van der Waals surface area contributed by atoms with E-state index in [2.05, 4.69) is 9.89 Å². The van der Waals surface area contributed by atoms with Crippen LogP contribution in [0.25, 0.3) is 0 Å². The first-order chi connectivity index (χ1) is 16.7. The van der Waals surface area contributed by atoms with Crippen LogP contribution >= 0.6 is 0 Å². The summed E-state index contributed by atoms with van der Waals surface area (Å²) in [5.41, 5.74) is 0.630. The molecule has 2 amide bonds. The molecule has 1 saturated heterocycles. The zero-order chi connectivity index (χ0) is 25.2. The summed E-state index contributed by atoms with van der Waals surface area (Å²) in [7, 11) is 0. The lowest BCUT2D eigenvalue weighted by molar-refractivity contribution is -0.138. The number of anilines is 1. The molecule has 6 nitrogen and oxygen atoms in total. The maximum Gasteiger partial charge on any atom is 0.416 e. The molecule has 4 rings (SSSR count). The van der Waals surface area contributed by atoms with Gasteiger partial charge in [-0.3, -0.25) is 19.4 Å². The van der Waals surface area contributed by atoms with Crippen LogP contribution in [0, 0.1) is 5.92 Å². The molecule has 0 spiro atoms. The molecule has 0 saturated carbocycles. The Morgan fingerprint density at radius 1 is 1.11 bits per heavy atom. The van der Waals surface area contributed by atoms with E-state index in [1.807, 2.05) is 30.9 Å². The van der Waals surface area contributed by atoms with Crippen LogP contribution in [0.5, 0.6) is 0 Å². The number of carbonyl (C=O) groups is 2. The molecule has 2 aliphatic rings. The lowest BCUT2D eigenvalue weighted by Gasteiger charge is -2.36. The molecule has 1 fully saturated rings. The van der Waals surface area contributed by atoms with Crippen LogP contribution in [0.2, 0.25) is 0 Å². The standard InChI is InChI=1S/C26H29F3N4O2/c1-3-32(4-2)24(34)18-9-8-14-31(16-18)17-33-22-13-6-5-12-21(22)23(25(33)35)30-20-11-7-10-19(15-20)26(27,28)29/h5-7,10-13,15,18H,3-4,8-9,14,16-17H2,1-2H3. The van der Waals surface area contributed by atoms with E-state index in [4.69, 9.17) is 0 Å². The Morgan fingerprint density at radius 3 is 2.57 bits per heavy atom. The number of hydrogen-bond acceptors (Lipinski definition) is 4. The van der Waals surface area contributed by atoms with Crippen molar-refractivity contribution in [1.82, 2.24) is 9.80 Å². The molecule has 186 valence electrons. The number of carbonyl (C=O) groups excluding carboxylic acids is 2. The highest BCUT2D eigenvalue weighted by molar-refractivity contribution is 6.54. The highest BCUT2D eigenvalue weighted by Crippen LogP contribution is 2.34. The van der Waals surface area contributed by atoms with Crippen LogP contribution in [0.1, 0.15) is 37.8 Å². The Balaban J connectivity index is 1.57. The van der Waals surface area contributed by atoms with Gasteiger partial charge in [-0.25, -0.2) is 4.99 Å². The number of halogens is 3. The summed E-state index contributed by atoms with van der Waals surface area (Å²) in [4.78, 5) is 36.2. The number of rotatable bonds is 6. The number of nitrogens with zero attached hydrogens (tertiary/aromatic N) is 4. The molecule has 1 atom stereocenters. The predicted molar refractivity (Wildman–Crippen MR) is 129 cm³/mol. The third kappa shape index (κ3) is 5.24. The number of hydrogen-bond donors (Lipinski definition) is 0. The van der Waals surface area contributed by atoms with Crippen molar-refractivity contribution in [2.75, 3.05) is 37.7 Å². The maximum atomic E-state index is 13.4. The van der Waals surface area contributed by atoms with Gasteiger partial charge in [-0.2, -0.15) is 13.2 Å². The average molecular weight is 487 g/mol. The molecule has 35 heavy (non-hydrogen) atoms. The molecule has 2 aliphatic heterocycles. The fourth-order valence-corrected chi connectivity index (χ4v) is 4.77. The number of benzene rings is 2. The largest absolute Gasteiger partial charge is 0.416 e. The molecular formula is C26H29F3N4O2. The Morgan fingerprint density at radius 2 is 1.86 bits per heavy atom. The predicted octanol–water partition coefficient (Wildman–Crippen LogP) is 4.71. The van der Waals surface area contributed by atoms with Crippen molar-refractivity contribution < 1.29 is 22.8 Å². The molecular weight excluding hydrogens is 457 g/mol. The van der Waals surface area contributed by atoms with Crippen molar-refractivity contribution in [3.05, 3.63) is 59.7 Å². The fraction of sp³-hybridized carbons (Fsp3) is 0.423. The lowest BCUT2D eigenvalue weighted by Crippen LogP contribution is -2.49. The number of likely N-dealkylation sites (tertiary alicyclic amines) is 1. The molecule has 0 radical (unpaired) electrons.